The van der Waals surface area contributed by atoms with Gasteiger partial charge in [-0.1, -0.05) is 18.2 Å². The van der Waals surface area contributed by atoms with Crippen molar-refractivity contribution in [1.82, 2.24) is 0 Å². The van der Waals surface area contributed by atoms with Gasteiger partial charge >= 0.3 is 0 Å². The van der Waals surface area contributed by atoms with Gasteiger partial charge in [0.2, 0.25) is 0 Å². The third-order valence-corrected chi connectivity index (χ3v) is 2.97. The van der Waals surface area contributed by atoms with E-state index in [0.29, 0.717) is 41.4 Å². The Morgan fingerprint density at radius 1 is 1.05 bits per heavy atom. The van der Waals surface area contributed by atoms with Crippen molar-refractivity contribution in [1.29, 1.82) is 0 Å². The van der Waals surface area contributed by atoms with E-state index in [2.05, 4.69) is 0 Å². The van der Waals surface area contributed by atoms with Gasteiger partial charge in [0, 0.05) is 11.1 Å². The Kier molecular flexibility index (Phi) is 4.93. The number of halogens is 1. The number of carbonyl (C=O) groups is 1. The molecule has 4 heteroatoms. The lowest BCUT2D eigenvalue weighted by Gasteiger charge is -2.16. The van der Waals surface area contributed by atoms with Crippen LogP contribution in [0.25, 0.3) is 11.1 Å². The lowest BCUT2D eigenvalue weighted by atomic mass is 10.0. The maximum absolute atomic E-state index is 14.1. The highest BCUT2D eigenvalue weighted by Gasteiger charge is 2.18. The van der Waals surface area contributed by atoms with Crippen molar-refractivity contribution in [3.8, 4) is 22.6 Å². The molecule has 2 aromatic carbocycles. The zero-order valence-corrected chi connectivity index (χ0v) is 12.1. The summed E-state index contributed by atoms with van der Waals surface area (Å²) in [5.41, 5.74) is 1.35. The van der Waals surface area contributed by atoms with E-state index in [1.54, 1.807) is 30.3 Å². The van der Waals surface area contributed by atoms with E-state index in [4.69, 9.17) is 9.47 Å². The first-order valence-corrected chi connectivity index (χ1v) is 6.85. The molecule has 0 aromatic heterocycles. The van der Waals surface area contributed by atoms with Gasteiger partial charge in [0.05, 0.1) is 18.8 Å². The molecule has 0 amide bonds. The lowest BCUT2D eigenvalue weighted by Crippen LogP contribution is -2.01. The van der Waals surface area contributed by atoms with E-state index in [-0.39, 0.29) is 5.82 Å². The molecule has 0 aliphatic rings. The third kappa shape index (κ3) is 3.21. The molecule has 0 fully saturated rings. The second kappa shape index (κ2) is 6.88. The molecule has 0 spiro atoms. The lowest BCUT2D eigenvalue weighted by molar-refractivity contribution is 0.112. The average Bonchev–Trinajstić information content (AvgIpc) is 2.49. The van der Waals surface area contributed by atoms with E-state index in [9.17, 15) is 9.18 Å². The minimum atomic E-state index is -0.363. The standard InChI is InChI=1S/C17H17FO3/c1-3-20-15-9-12(11-19)10-16(21-4-2)17(15)13-7-5-6-8-14(13)18/h5-11H,3-4H2,1-2H3. The van der Waals surface area contributed by atoms with Crippen LogP contribution >= 0.6 is 0 Å². The zero-order chi connectivity index (χ0) is 15.2. The van der Waals surface area contributed by atoms with E-state index in [0.717, 1.165) is 6.29 Å². The molecule has 3 nitrogen and oxygen atoms in total. The van der Waals surface area contributed by atoms with Gasteiger partial charge < -0.3 is 9.47 Å². The molecule has 2 aromatic rings. The molecule has 0 atom stereocenters. The molecule has 0 bridgehead atoms. The van der Waals surface area contributed by atoms with Crippen LogP contribution in [0.3, 0.4) is 0 Å². The van der Waals surface area contributed by atoms with Crippen LogP contribution in [0.2, 0.25) is 0 Å². The molecule has 110 valence electrons. The van der Waals surface area contributed by atoms with E-state index in [1.807, 2.05) is 13.8 Å². The zero-order valence-electron chi connectivity index (χ0n) is 12.1. The summed E-state index contributed by atoms with van der Waals surface area (Å²) in [6.45, 7) is 4.49. The van der Waals surface area contributed by atoms with Gasteiger partial charge in [-0.15, -0.1) is 0 Å². The molecule has 2 rings (SSSR count). The Morgan fingerprint density at radius 3 is 2.10 bits per heavy atom. The summed E-state index contributed by atoms with van der Waals surface area (Å²) < 4.78 is 25.3. The van der Waals surface area contributed by atoms with Gasteiger partial charge in [-0.05, 0) is 32.0 Å². The molecule has 0 aliphatic heterocycles. The molecule has 0 saturated heterocycles. The normalized spacial score (nSPS) is 10.2. The third-order valence-electron chi connectivity index (χ3n) is 2.97. The Hall–Kier alpha value is -2.36. The van der Waals surface area contributed by atoms with Crippen LogP contribution < -0.4 is 9.47 Å². The molecular formula is C17H17FO3. The molecule has 0 heterocycles. The van der Waals surface area contributed by atoms with Crippen LogP contribution in [-0.4, -0.2) is 19.5 Å². The Bertz CT molecular complexity index is 611. The number of rotatable bonds is 6. The van der Waals surface area contributed by atoms with Gasteiger partial charge in [-0.25, -0.2) is 4.39 Å². The molecule has 0 N–H and O–H groups in total. The van der Waals surface area contributed by atoms with Crippen LogP contribution in [0, 0.1) is 5.82 Å². The first-order valence-electron chi connectivity index (χ1n) is 6.85. The fourth-order valence-corrected chi connectivity index (χ4v) is 2.15. The van der Waals surface area contributed by atoms with Crippen LogP contribution in [0.1, 0.15) is 24.2 Å². The Labute approximate surface area is 123 Å². The van der Waals surface area contributed by atoms with Crippen molar-refractivity contribution in [2.24, 2.45) is 0 Å². The molecule has 0 aliphatic carbocycles. The van der Waals surface area contributed by atoms with Crippen LogP contribution in [-0.2, 0) is 0 Å². The summed E-state index contributed by atoms with van der Waals surface area (Å²) in [4.78, 5) is 11.0. The molecule has 0 saturated carbocycles. The van der Waals surface area contributed by atoms with Crippen molar-refractivity contribution in [2.75, 3.05) is 13.2 Å². The predicted octanol–water partition coefficient (Wildman–Crippen LogP) is 4.10. The van der Waals surface area contributed by atoms with Crippen LogP contribution in [0.15, 0.2) is 36.4 Å². The van der Waals surface area contributed by atoms with Crippen molar-refractivity contribution >= 4 is 6.29 Å². The van der Waals surface area contributed by atoms with E-state index < -0.39 is 0 Å². The topological polar surface area (TPSA) is 35.5 Å². The van der Waals surface area contributed by atoms with E-state index >= 15 is 0 Å². The van der Waals surface area contributed by atoms with Crippen molar-refractivity contribution in [3.05, 3.63) is 47.8 Å². The summed E-state index contributed by atoms with van der Waals surface area (Å²) in [7, 11) is 0. The maximum atomic E-state index is 14.1. The largest absolute Gasteiger partial charge is 0.493 e. The predicted molar refractivity (Wildman–Crippen MR) is 79.6 cm³/mol. The molecular weight excluding hydrogens is 271 g/mol. The second-order valence-electron chi connectivity index (χ2n) is 4.36. The van der Waals surface area contributed by atoms with Crippen LogP contribution in [0.5, 0.6) is 11.5 Å². The first kappa shape index (κ1) is 15.0. The number of benzene rings is 2. The smallest absolute Gasteiger partial charge is 0.150 e. The van der Waals surface area contributed by atoms with E-state index in [1.165, 1.54) is 6.07 Å². The summed E-state index contributed by atoms with van der Waals surface area (Å²) >= 11 is 0. The SMILES string of the molecule is CCOc1cc(C=O)cc(OCC)c1-c1ccccc1F. The number of hydrogen-bond acceptors (Lipinski definition) is 3. The van der Waals surface area contributed by atoms with Gasteiger partial charge in [-0.2, -0.15) is 0 Å². The van der Waals surface area contributed by atoms with Gasteiger partial charge in [0.25, 0.3) is 0 Å². The fraction of sp³-hybridized carbons (Fsp3) is 0.235. The van der Waals surface area contributed by atoms with Gasteiger partial charge in [0.15, 0.2) is 0 Å². The summed E-state index contributed by atoms with van der Waals surface area (Å²) in [6, 6.07) is 9.61. The summed E-state index contributed by atoms with van der Waals surface area (Å²) in [5, 5.41) is 0. The number of ether oxygens (including phenoxy) is 2. The summed E-state index contributed by atoms with van der Waals surface area (Å²) in [5.74, 6) is 0.518. The monoisotopic (exact) mass is 288 g/mol. The van der Waals surface area contributed by atoms with Crippen LogP contribution in [0.4, 0.5) is 4.39 Å². The summed E-state index contributed by atoms with van der Waals surface area (Å²) in [6.07, 6.45) is 0.718. The van der Waals surface area contributed by atoms with Crippen molar-refractivity contribution in [3.63, 3.8) is 0 Å². The Balaban J connectivity index is 2.70. The quantitative estimate of drug-likeness (QED) is 0.751. The highest BCUT2D eigenvalue weighted by molar-refractivity contribution is 5.84. The second-order valence-corrected chi connectivity index (χ2v) is 4.36. The van der Waals surface area contributed by atoms with Crippen molar-refractivity contribution < 1.29 is 18.7 Å². The highest BCUT2D eigenvalue weighted by Crippen LogP contribution is 2.40. The molecule has 0 unspecified atom stereocenters. The molecule has 0 radical (unpaired) electrons. The number of hydrogen-bond donors (Lipinski definition) is 0. The molecule has 21 heavy (non-hydrogen) atoms. The van der Waals surface area contributed by atoms with Crippen molar-refractivity contribution in [2.45, 2.75) is 13.8 Å². The number of aldehydes is 1. The fourth-order valence-electron chi connectivity index (χ4n) is 2.15. The highest BCUT2D eigenvalue weighted by atomic mass is 19.1. The maximum Gasteiger partial charge on any atom is 0.150 e. The van der Waals surface area contributed by atoms with Gasteiger partial charge in [0.1, 0.15) is 23.6 Å². The number of carbonyl (C=O) groups excluding carboxylic acids is 1. The first-order chi connectivity index (χ1) is 10.2. The van der Waals surface area contributed by atoms with Gasteiger partial charge in [-0.3, -0.25) is 4.79 Å². The Morgan fingerprint density at radius 2 is 1.62 bits per heavy atom. The minimum Gasteiger partial charge on any atom is -0.493 e. The minimum absolute atomic E-state index is 0.363. The average molecular weight is 288 g/mol.